The highest BCUT2D eigenvalue weighted by Crippen LogP contribution is 2.24. The van der Waals surface area contributed by atoms with E-state index in [2.05, 4.69) is 16.3 Å². The smallest absolute Gasteiger partial charge is 0.191 e. The molecule has 0 unspecified atom stereocenters. The van der Waals surface area contributed by atoms with Crippen LogP contribution in [0.3, 0.4) is 0 Å². The number of rotatable bonds is 5. The van der Waals surface area contributed by atoms with Gasteiger partial charge >= 0.3 is 0 Å². The Morgan fingerprint density at radius 3 is 2.90 bits per heavy atom. The topological polar surface area (TPSA) is 80.5 Å². The molecule has 0 radical (unpaired) electrons. The Bertz CT molecular complexity index is 647. The number of benzene rings is 1. The molecule has 20 heavy (non-hydrogen) atoms. The van der Waals surface area contributed by atoms with Crippen LogP contribution in [0.2, 0.25) is 0 Å². The zero-order valence-corrected chi connectivity index (χ0v) is 11.8. The number of thioether (sulfide) groups is 1. The number of hydrogen-bond acceptors (Lipinski definition) is 5. The molecule has 0 aliphatic heterocycles. The van der Waals surface area contributed by atoms with Gasteiger partial charge in [0.1, 0.15) is 11.6 Å². The molecule has 2 aromatic rings. The molecule has 0 saturated carbocycles. The van der Waals surface area contributed by atoms with E-state index in [0.29, 0.717) is 23.4 Å². The van der Waals surface area contributed by atoms with Crippen LogP contribution in [-0.2, 0) is 18.8 Å². The second kappa shape index (κ2) is 6.50. The van der Waals surface area contributed by atoms with Crippen molar-refractivity contribution in [3.63, 3.8) is 0 Å². The van der Waals surface area contributed by atoms with Crippen molar-refractivity contribution in [1.82, 2.24) is 14.8 Å². The monoisotopic (exact) mass is 291 g/mol. The van der Waals surface area contributed by atoms with E-state index < -0.39 is 0 Å². The molecule has 0 saturated heterocycles. The van der Waals surface area contributed by atoms with Gasteiger partial charge in [-0.1, -0.05) is 11.8 Å². The number of nitrogens with two attached hydrogens (primary N) is 1. The minimum Gasteiger partial charge on any atom is -0.324 e. The molecule has 7 heteroatoms. The third-order valence-corrected chi connectivity index (χ3v) is 3.85. The van der Waals surface area contributed by atoms with Gasteiger partial charge in [-0.25, -0.2) is 4.39 Å². The lowest BCUT2D eigenvalue weighted by atomic mass is 10.1. The van der Waals surface area contributed by atoms with Crippen LogP contribution in [0.4, 0.5) is 4.39 Å². The summed E-state index contributed by atoms with van der Waals surface area (Å²) in [6.45, 7) is 3.02. The second-order valence-corrected chi connectivity index (χ2v) is 4.99. The van der Waals surface area contributed by atoms with Crippen LogP contribution in [0.25, 0.3) is 0 Å². The van der Waals surface area contributed by atoms with Crippen LogP contribution in [0.15, 0.2) is 23.4 Å². The fourth-order valence-electron chi connectivity index (χ4n) is 1.83. The first-order valence-electron chi connectivity index (χ1n) is 6.13. The van der Waals surface area contributed by atoms with Gasteiger partial charge in [-0.05, 0) is 30.7 Å². The van der Waals surface area contributed by atoms with Crippen LogP contribution >= 0.6 is 11.8 Å². The minimum atomic E-state index is -0.348. The van der Waals surface area contributed by atoms with Crippen LogP contribution in [0.1, 0.15) is 23.9 Å². The molecule has 104 valence electrons. The quantitative estimate of drug-likeness (QED) is 0.853. The first-order chi connectivity index (χ1) is 9.69. The lowest BCUT2D eigenvalue weighted by Crippen LogP contribution is -2.08. The van der Waals surface area contributed by atoms with Crippen molar-refractivity contribution >= 4 is 11.8 Å². The maximum absolute atomic E-state index is 13.2. The summed E-state index contributed by atoms with van der Waals surface area (Å²) in [5.41, 5.74) is 6.71. The summed E-state index contributed by atoms with van der Waals surface area (Å²) in [6, 6.07) is 6.21. The number of nitriles is 1. The van der Waals surface area contributed by atoms with Gasteiger partial charge in [-0.15, -0.1) is 10.2 Å². The van der Waals surface area contributed by atoms with E-state index in [1.807, 2.05) is 11.5 Å². The molecule has 0 spiro atoms. The van der Waals surface area contributed by atoms with Gasteiger partial charge in [0.2, 0.25) is 0 Å². The van der Waals surface area contributed by atoms with Gasteiger partial charge in [0.05, 0.1) is 18.2 Å². The average molecular weight is 291 g/mol. The largest absolute Gasteiger partial charge is 0.324 e. The Balaban J connectivity index is 2.19. The van der Waals surface area contributed by atoms with Gasteiger partial charge in [0.15, 0.2) is 5.16 Å². The molecule has 5 nitrogen and oxygen atoms in total. The van der Waals surface area contributed by atoms with Crippen LogP contribution in [-0.4, -0.2) is 14.8 Å². The van der Waals surface area contributed by atoms with Gasteiger partial charge < -0.3 is 10.3 Å². The molecular formula is C13H14FN5S. The molecule has 1 aromatic heterocycles. The highest BCUT2D eigenvalue weighted by molar-refractivity contribution is 7.98. The molecule has 1 heterocycles. The molecule has 0 fully saturated rings. The summed E-state index contributed by atoms with van der Waals surface area (Å²) in [7, 11) is 0. The summed E-state index contributed by atoms with van der Waals surface area (Å²) in [5, 5.41) is 17.8. The molecule has 0 aliphatic rings. The fraction of sp³-hybridized carbons (Fsp3) is 0.308. The summed E-state index contributed by atoms with van der Waals surface area (Å²) in [5.74, 6) is 0.831. The molecule has 1 aromatic carbocycles. The van der Waals surface area contributed by atoms with Crippen molar-refractivity contribution < 1.29 is 4.39 Å². The zero-order valence-electron chi connectivity index (χ0n) is 11.0. The van der Waals surface area contributed by atoms with E-state index in [1.54, 1.807) is 0 Å². The Morgan fingerprint density at radius 2 is 2.25 bits per heavy atom. The predicted molar refractivity (Wildman–Crippen MR) is 74.3 cm³/mol. The van der Waals surface area contributed by atoms with Crippen molar-refractivity contribution in [3.05, 3.63) is 41.0 Å². The summed E-state index contributed by atoms with van der Waals surface area (Å²) < 4.78 is 15.2. The van der Waals surface area contributed by atoms with E-state index in [1.165, 1.54) is 30.0 Å². The van der Waals surface area contributed by atoms with Crippen molar-refractivity contribution in [1.29, 1.82) is 5.26 Å². The summed E-state index contributed by atoms with van der Waals surface area (Å²) >= 11 is 1.42. The molecule has 0 atom stereocenters. The normalized spacial score (nSPS) is 10.5. The van der Waals surface area contributed by atoms with Crippen molar-refractivity contribution in [2.24, 2.45) is 5.73 Å². The van der Waals surface area contributed by atoms with E-state index in [-0.39, 0.29) is 5.82 Å². The number of nitrogens with zero attached hydrogens (tertiary/aromatic N) is 4. The molecule has 2 rings (SSSR count). The third kappa shape index (κ3) is 2.98. The molecule has 2 N–H and O–H groups in total. The van der Waals surface area contributed by atoms with Gasteiger partial charge in [0.25, 0.3) is 0 Å². The van der Waals surface area contributed by atoms with E-state index in [0.717, 1.165) is 17.5 Å². The SMILES string of the molecule is CCn1c(CN)nnc1SCc1cc(F)ccc1C#N. The van der Waals surface area contributed by atoms with Gasteiger partial charge in [-0.2, -0.15) is 5.26 Å². The average Bonchev–Trinajstić information content (AvgIpc) is 2.87. The number of halogens is 1. The van der Waals surface area contributed by atoms with Crippen molar-refractivity contribution in [2.45, 2.75) is 30.9 Å². The highest BCUT2D eigenvalue weighted by Gasteiger charge is 2.11. The lowest BCUT2D eigenvalue weighted by Gasteiger charge is -2.07. The van der Waals surface area contributed by atoms with E-state index in [9.17, 15) is 4.39 Å². The fourth-order valence-corrected chi connectivity index (χ4v) is 2.84. The Labute approximate surface area is 120 Å². The maximum atomic E-state index is 13.2. The van der Waals surface area contributed by atoms with Crippen LogP contribution in [0.5, 0.6) is 0 Å². The summed E-state index contributed by atoms with van der Waals surface area (Å²) in [6.07, 6.45) is 0. The molecule has 0 bridgehead atoms. The van der Waals surface area contributed by atoms with Crippen LogP contribution < -0.4 is 5.73 Å². The van der Waals surface area contributed by atoms with Crippen LogP contribution in [0, 0.1) is 17.1 Å². The number of aromatic nitrogens is 3. The first kappa shape index (κ1) is 14.5. The minimum absolute atomic E-state index is 0.324. The maximum Gasteiger partial charge on any atom is 0.191 e. The Kier molecular flexibility index (Phi) is 4.71. The highest BCUT2D eigenvalue weighted by atomic mass is 32.2. The van der Waals surface area contributed by atoms with E-state index >= 15 is 0 Å². The molecule has 0 aliphatic carbocycles. The standard InChI is InChI=1S/C13H14FN5S/c1-2-19-12(7-16)17-18-13(19)20-8-10-5-11(14)4-3-9(10)6-15/h3-5H,2,7-8,16H2,1H3. The van der Waals surface area contributed by atoms with Crippen molar-refractivity contribution in [2.75, 3.05) is 0 Å². The number of hydrogen-bond donors (Lipinski definition) is 1. The lowest BCUT2D eigenvalue weighted by molar-refractivity contribution is 0.626. The molecule has 0 amide bonds. The first-order valence-corrected chi connectivity index (χ1v) is 7.11. The summed E-state index contributed by atoms with van der Waals surface area (Å²) in [4.78, 5) is 0. The Hall–Kier alpha value is -1.91. The van der Waals surface area contributed by atoms with E-state index in [4.69, 9.17) is 11.0 Å². The zero-order chi connectivity index (χ0) is 14.5. The second-order valence-electron chi connectivity index (χ2n) is 4.05. The van der Waals surface area contributed by atoms with Crippen molar-refractivity contribution in [3.8, 4) is 6.07 Å². The Morgan fingerprint density at radius 1 is 1.45 bits per heavy atom. The van der Waals surface area contributed by atoms with Gasteiger partial charge in [0, 0.05) is 12.3 Å². The molecular weight excluding hydrogens is 277 g/mol. The predicted octanol–water partition coefficient (Wildman–Crippen LogP) is 2.06. The third-order valence-electron chi connectivity index (χ3n) is 2.84. The van der Waals surface area contributed by atoms with Gasteiger partial charge in [-0.3, -0.25) is 0 Å².